The molecule has 0 aromatic rings. The fourth-order valence-electron chi connectivity index (χ4n) is 2.31. The van der Waals surface area contributed by atoms with Gasteiger partial charge in [-0.1, -0.05) is 45.4 Å². The second-order valence-electron chi connectivity index (χ2n) is 5.25. The van der Waals surface area contributed by atoms with Gasteiger partial charge in [0.05, 0.1) is 0 Å². The lowest BCUT2D eigenvalue weighted by Gasteiger charge is -2.26. The topological polar surface area (TPSA) is 26.0 Å². The summed E-state index contributed by atoms with van der Waals surface area (Å²) in [5, 5.41) is 0. The molecule has 13 heavy (non-hydrogen) atoms. The lowest BCUT2D eigenvalue weighted by atomic mass is 9.85. The summed E-state index contributed by atoms with van der Waals surface area (Å²) >= 11 is 0. The van der Waals surface area contributed by atoms with Crippen molar-refractivity contribution in [1.82, 2.24) is 0 Å². The molecule has 1 nitrogen and oxygen atoms in total. The molecule has 0 spiro atoms. The van der Waals surface area contributed by atoms with Crippen LogP contribution in [0.25, 0.3) is 0 Å². The van der Waals surface area contributed by atoms with Gasteiger partial charge in [-0.15, -0.1) is 0 Å². The van der Waals surface area contributed by atoms with Crippen LogP contribution in [0.5, 0.6) is 0 Å². The molecule has 1 saturated carbocycles. The monoisotopic (exact) mass is 183 g/mol. The Morgan fingerprint density at radius 1 is 1.00 bits per heavy atom. The molecule has 0 aliphatic heterocycles. The Morgan fingerprint density at radius 2 is 1.46 bits per heavy atom. The molecule has 0 saturated heterocycles. The zero-order chi connectivity index (χ0) is 9.73. The standard InChI is InChI=1S/C12H25N/c1-11-7-3-5-9-12(2,13)10-6-4-8-11/h11H,3-10,13H2,1-2H3. The van der Waals surface area contributed by atoms with E-state index in [2.05, 4.69) is 13.8 Å². The quantitative estimate of drug-likeness (QED) is 0.611. The lowest BCUT2D eigenvalue weighted by molar-refractivity contribution is 0.329. The maximum Gasteiger partial charge on any atom is 0.0125 e. The van der Waals surface area contributed by atoms with Crippen molar-refractivity contribution in [3.05, 3.63) is 0 Å². The Kier molecular flexibility index (Phi) is 4.24. The summed E-state index contributed by atoms with van der Waals surface area (Å²) < 4.78 is 0. The first-order valence-electron chi connectivity index (χ1n) is 5.89. The van der Waals surface area contributed by atoms with E-state index in [9.17, 15) is 0 Å². The second-order valence-corrected chi connectivity index (χ2v) is 5.25. The van der Waals surface area contributed by atoms with Crippen LogP contribution in [0.1, 0.15) is 65.2 Å². The van der Waals surface area contributed by atoms with Gasteiger partial charge in [0.25, 0.3) is 0 Å². The Labute approximate surface area is 83.1 Å². The van der Waals surface area contributed by atoms with E-state index >= 15 is 0 Å². The summed E-state index contributed by atoms with van der Waals surface area (Å²) in [6.45, 7) is 4.61. The average molecular weight is 183 g/mol. The molecule has 0 atom stereocenters. The minimum atomic E-state index is 0.126. The van der Waals surface area contributed by atoms with Crippen molar-refractivity contribution in [2.75, 3.05) is 0 Å². The van der Waals surface area contributed by atoms with Gasteiger partial charge in [-0.3, -0.25) is 0 Å². The first kappa shape index (κ1) is 11.0. The highest BCUT2D eigenvalue weighted by Crippen LogP contribution is 2.24. The molecule has 0 radical (unpaired) electrons. The van der Waals surface area contributed by atoms with Crippen molar-refractivity contribution in [2.45, 2.75) is 70.8 Å². The largest absolute Gasteiger partial charge is 0.325 e. The predicted octanol–water partition coefficient (Wildman–Crippen LogP) is 3.47. The van der Waals surface area contributed by atoms with Gasteiger partial charge in [0.15, 0.2) is 0 Å². The van der Waals surface area contributed by atoms with E-state index in [4.69, 9.17) is 5.73 Å². The maximum absolute atomic E-state index is 6.20. The number of rotatable bonds is 0. The molecule has 0 heterocycles. The van der Waals surface area contributed by atoms with Gasteiger partial charge < -0.3 is 5.73 Å². The van der Waals surface area contributed by atoms with Crippen molar-refractivity contribution in [2.24, 2.45) is 11.7 Å². The van der Waals surface area contributed by atoms with Gasteiger partial charge >= 0.3 is 0 Å². The molecule has 0 aromatic carbocycles. The molecule has 2 N–H and O–H groups in total. The molecule has 0 amide bonds. The number of hydrogen-bond acceptors (Lipinski definition) is 1. The molecule has 0 unspecified atom stereocenters. The van der Waals surface area contributed by atoms with Gasteiger partial charge in [0, 0.05) is 5.54 Å². The first-order valence-corrected chi connectivity index (χ1v) is 5.89. The van der Waals surface area contributed by atoms with Crippen molar-refractivity contribution < 1.29 is 0 Å². The van der Waals surface area contributed by atoms with Crippen LogP contribution in [-0.4, -0.2) is 5.54 Å². The molecule has 1 aliphatic rings. The molecule has 0 bridgehead atoms. The maximum atomic E-state index is 6.20. The Morgan fingerprint density at radius 3 is 1.92 bits per heavy atom. The van der Waals surface area contributed by atoms with Gasteiger partial charge in [-0.25, -0.2) is 0 Å². The van der Waals surface area contributed by atoms with Crippen molar-refractivity contribution in [3.63, 3.8) is 0 Å². The third-order valence-corrected chi connectivity index (χ3v) is 3.39. The van der Waals surface area contributed by atoms with Crippen LogP contribution in [0, 0.1) is 5.92 Å². The Bertz CT molecular complexity index is 126. The van der Waals surface area contributed by atoms with Gasteiger partial charge in [-0.05, 0) is 25.7 Å². The summed E-state index contributed by atoms with van der Waals surface area (Å²) in [5.41, 5.74) is 6.33. The van der Waals surface area contributed by atoms with Gasteiger partial charge in [0.1, 0.15) is 0 Å². The zero-order valence-corrected chi connectivity index (χ0v) is 9.31. The van der Waals surface area contributed by atoms with Crippen molar-refractivity contribution in [3.8, 4) is 0 Å². The second kappa shape index (κ2) is 4.99. The van der Waals surface area contributed by atoms with E-state index in [1.54, 1.807) is 0 Å². The van der Waals surface area contributed by atoms with Crippen molar-refractivity contribution in [1.29, 1.82) is 0 Å². The number of nitrogens with two attached hydrogens (primary N) is 1. The summed E-state index contributed by atoms with van der Waals surface area (Å²) in [7, 11) is 0. The van der Waals surface area contributed by atoms with E-state index in [1.165, 1.54) is 51.4 Å². The highest BCUT2D eigenvalue weighted by molar-refractivity contribution is 4.79. The predicted molar refractivity (Wildman–Crippen MR) is 58.7 cm³/mol. The summed E-state index contributed by atoms with van der Waals surface area (Å²) in [6, 6.07) is 0. The average Bonchev–Trinajstić information content (AvgIpc) is 2.06. The molecular weight excluding hydrogens is 158 g/mol. The van der Waals surface area contributed by atoms with E-state index < -0.39 is 0 Å². The van der Waals surface area contributed by atoms with E-state index in [-0.39, 0.29) is 5.54 Å². The Hall–Kier alpha value is -0.0400. The Balaban J connectivity index is 2.33. The van der Waals surface area contributed by atoms with Crippen LogP contribution >= 0.6 is 0 Å². The van der Waals surface area contributed by atoms with Crippen molar-refractivity contribution >= 4 is 0 Å². The SMILES string of the molecule is CC1CCCCC(C)(N)CCCC1. The normalized spacial score (nSPS) is 38.5. The van der Waals surface area contributed by atoms with Crippen LogP contribution in [-0.2, 0) is 0 Å². The third kappa shape index (κ3) is 4.66. The highest BCUT2D eigenvalue weighted by atomic mass is 14.7. The van der Waals surface area contributed by atoms with E-state index in [0.717, 1.165) is 5.92 Å². The third-order valence-electron chi connectivity index (χ3n) is 3.39. The van der Waals surface area contributed by atoms with E-state index in [0.29, 0.717) is 0 Å². The fraction of sp³-hybridized carbons (Fsp3) is 1.00. The molecular formula is C12H25N. The minimum absolute atomic E-state index is 0.126. The summed E-state index contributed by atoms with van der Waals surface area (Å²) in [5.74, 6) is 0.946. The van der Waals surface area contributed by atoms with Crippen LogP contribution in [0.4, 0.5) is 0 Å². The first-order chi connectivity index (χ1) is 6.10. The minimum Gasteiger partial charge on any atom is -0.325 e. The van der Waals surface area contributed by atoms with Crippen LogP contribution in [0.15, 0.2) is 0 Å². The fourth-order valence-corrected chi connectivity index (χ4v) is 2.31. The summed E-state index contributed by atoms with van der Waals surface area (Å²) in [4.78, 5) is 0. The van der Waals surface area contributed by atoms with Gasteiger partial charge in [-0.2, -0.15) is 0 Å². The van der Waals surface area contributed by atoms with Crippen LogP contribution < -0.4 is 5.73 Å². The molecule has 0 aromatic heterocycles. The smallest absolute Gasteiger partial charge is 0.0125 e. The van der Waals surface area contributed by atoms with Crippen LogP contribution in [0.3, 0.4) is 0 Å². The zero-order valence-electron chi connectivity index (χ0n) is 9.31. The number of hydrogen-bond donors (Lipinski definition) is 1. The molecule has 78 valence electrons. The summed E-state index contributed by atoms with van der Waals surface area (Å²) in [6.07, 6.45) is 10.7. The molecule has 1 aliphatic carbocycles. The molecule has 1 rings (SSSR count). The molecule has 1 heteroatoms. The molecule has 1 fully saturated rings. The van der Waals surface area contributed by atoms with Gasteiger partial charge in [0.2, 0.25) is 0 Å². The van der Waals surface area contributed by atoms with E-state index in [1.807, 2.05) is 0 Å². The van der Waals surface area contributed by atoms with Crippen LogP contribution in [0.2, 0.25) is 0 Å². The highest BCUT2D eigenvalue weighted by Gasteiger charge is 2.18. The lowest BCUT2D eigenvalue weighted by Crippen LogP contribution is -2.36.